The zero-order valence-corrected chi connectivity index (χ0v) is 27.7. The summed E-state index contributed by atoms with van der Waals surface area (Å²) in [4.78, 5) is 16.6. The lowest BCUT2D eigenvalue weighted by atomic mass is 9.89. The van der Waals surface area contributed by atoms with Crippen LogP contribution in [0.5, 0.6) is 0 Å². The van der Waals surface area contributed by atoms with Crippen LogP contribution in [0.4, 0.5) is 5.69 Å². The minimum Gasteiger partial charge on any atom is -0.598 e. The summed E-state index contributed by atoms with van der Waals surface area (Å²) in [7, 11) is 0. The number of fused-ring (bicyclic) bond motifs is 1. The fourth-order valence-corrected chi connectivity index (χ4v) is 7.74. The molecule has 0 bridgehead atoms. The van der Waals surface area contributed by atoms with Crippen molar-refractivity contribution >= 4 is 51.1 Å². The van der Waals surface area contributed by atoms with Gasteiger partial charge in [0.25, 0.3) is 0 Å². The number of aromatic nitrogens is 2. The molecule has 5 N–H and O–H groups in total. The monoisotopic (exact) mass is 644 g/mol. The Hall–Kier alpha value is -3.31. The molecular formula is C35H44N6O2S2. The number of nitrogens with two attached hydrogens (primary N) is 1. The number of nitrogens with zero attached hydrogens (tertiary/aromatic N) is 2. The van der Waals surface area contributed by atoms with Gasteiger partial charge in [0.05, 0.1) is 12.1 Å². The van der Waals surface area contributed by atoms with Crippen molar-refractivity contribution in [3.63, 3.8) is 0 Å². The van der Waals surface area contributed by atoms with Crippen LogP contribution in [0.2, 0.25) is 0 Å². The molecule has 3 heterocycles. The van der Waals surface area contributed by atoms with Crippen molar-refractivity contribution < 1.29 is 9.35 Å². The molecule has 238 valence electrons. The molecule has 1 aliphatic heterocycles. The van der Waals surface area contributed by atoms with Gasteiger partial charge in [0.15, 0.2) is 0 Å². The van der Waals surface area contributed by atoms with Crippen molar-refractivity contribution in [3.8, 4) is 11.1 Å². The smallest absolute Gasteiger partial charge is 0.226 e. The van der Waals surface area contributed by atoms with E-state index >= 15 is 0 Å². The van der Waals surface area contributed by atoms with Gasteiger partial charge < -0.3 is 30.5 Å². The van der Waals surface area contributed by atoms with E-state index in [0.717, 1.165) is 82.9 Å². The predicted molar refractivity (Wildman–Crippen MR) is 189 cm³/mol. The third-order valence-corrected chi connectivity index (χ3v) is 10.8. The van der Waals surface area contributed by atoms with Gasteiger partial charge in [-0.3, -0.25) is 4.79 Å². The topological polar surface area (TPSA) is 114 Å². The molecule has 2 fully saturated rings. The second-order valence-corrected chi connectivity index (χ2v) is 14.4. The van der Waals surface area contributed by atoms with Gasteiger partial charge in [-0.2, -0.15) is 0 Å². The molecule has 1 unspecified atom stereocenters. The Labute approximate surface area is 274 Å². The van der Waals surface area contributed by atoms with E-state index in [9.17, 15) is 9.35 Å². The molecular weight excluding hydrogens is 601 g/mol. The number of anilines is 1. The number of H-pyrrole nitrogens is 1. The highest BCUT2D eigenvalue weighted by molar-refractivity contribution is 7.88. The number of carbonyl (C=O) groups is 1. The number of thiocarbonyl (C=S) groups is 1. The van der Waals surface area contributed by atoms with Gasteiger partial charge in [-0.1, -0.05) is 61.8 Å². The first kappa shape index (κ1) is 31.7. The highest BCUT2D eigenvalue weighted by Crippen LogP contribution is 2.36. The first-order valence-corrected chi connectivity index (χ1v) is 18.1. The maximum Gasteiger partial charge on any atom is 0.226 e. The molecule has 1 aliphatic carbocycles. The quantitative estimate of drug-likeness (QED) is 0.117. The highest BCUT2D eigenvalue weighted by atomic mass is 32.2. The molecule has 2 aromatic carbocycles. The van der Waals surface area contributed by atoms with Gasteiger partial charge in [-0.15, -0.1) is 4.31 Å². The lowest BCUT2D eigenvalue weighted by Crippen LogP contribution is -2.38. The van der Waals surface area contributed by atoms with Crippen LogP contribution in [-0.4, -0.2) is 55.2 Å². The molecule has 0 radical (unpaired) electrons. The van der Waals surface area contributed by atoms with E-state index in [1.54, 1.807) is 6.26 Å². The first-order chi connectivity index (χ1) is 21.8. The summed E-state index contributed by atoms with van der Waals surface area (Å²) >= 11 is 4.30. The van der Waals surface area contributed by atoms with E-state index in [-0.39, 0.29) is 5.91 Å². The van der Waals surface area contributed by atoms with E-state index in [1.165, 1.54) is 32.1 Å². The number of hydrogen-bond acceptors (Lipinski definition) is 5. The lowest BCUT2D eigenvalue weighted by Gasteiger charge is -2.31. The van der Waals surface area contributed by atoms with Gasteiger partial charge in [-0.05, 0) is 60.9 Å². The molecule has 1 saturated heterocycles. The Morgan fingerprint density at radius 3 is 2.64 bits per heavy atom. The summed E-state index contributed by atoms with van der Waals surface area (Å²) in [6.45, 7) is 3.05. The summed E-state index contributed by atoms with van der Waals surface area (Å²) in [5.74, 6) is 0.736. The molecule has 45 heavy (non-hydrogen) atoms. The molecule has 8 nitrogen and oxygen atoms in total. The third kappa shape index (κ3) is 7.74. The third-order valence-electron chi connectivity index (χ3n) is 9.44. The second kappa shape index (κ2) is 14.4. The fraction of sp³-hybridized carbons (Fsp3) is 0.429. The molecule has 2 aliphatic rings. The van der Waals surface area contributed by atoms with E-state index in [4.69, 9.17) is 18.0 Å². The normalized spacial score (nSPS) is 17.4. The number of carbonyl (C=O) groups excluding carboxylic acids is 1. The molecule has 4 aromatic rings. The van der Waals surface area contributed by atoms with Gasteiger partial charge >= 0.3 is 0 Å². The Bertz CT molecular complexity index is 1630. The molecule has 0 spiro atoms. The number of amides is 1. The van der Waals surface area contributed by atoms with E-state index in [0.29, 0.717) is 24.0 Å². The van der Waals surface area contributed by atoms with E-state index < -0.39 is 11.4 Å². The van der Waals surface area contributed by atoms with Crippen LogP contribution >= 0.6 is 12.2 Å². The maximum atomic E-state index is 12.9. The van der Waals surface area contributed by atoms with Crippen LogP contribution in [0, 0.1) is 5.92 Å². The van der Waals surface area contributed by atoms with Crippen molar-refractivity contribution in [2.75, 3.05) is 31.2 Å². The summed E-state index contributed by atoms with van der Waals surface area (Å²) in [5.41, 5.74) is 13.1. The second-order valence-electron chi connectivity index (χ2n) is 12.6. The largest absolute Gasteiger partial charge is 0.598 e. The van der Waals surface area contributed by atoms with Crippen LogP contribution in [0.25, 0.3) is 22.0 Å². The first-order valence-electron chi connectivity index (χ1n) is 16.1. The molecule has 1 atom stereocenters. The molecule has 6 rings (SSSR count). The molecule has 1 amide bonds. The average Bonchev–Trinajstić information content (AvgIpc) is 3.67. The Balaban J connectivity index is 1.16. The Morgan fingerprint density at radius 2 is 1.89 bits per heavy atom. The summed E-state index contributed by atoms with van der Waals surface area (Å²) in [5, 5.41) is 7.82. The number of hydrogen-bond donors (Lipinski definition) is 4. The summed E-state index contributed by atoms with van der Waals surface area (Å²) in [6.07, 6.45) is 14.8. The van der Waals surface area contributed by atoms with Crippen LogP contribution in [0.1, 0.15) is 67.8 Å². The Kier molecular flexibility index (Phi) is 10.1. The number of aromatic amines is 1. The van der Waals surface area contributed by atoms with Gasteiger partial charge in [-0.25, -0.2) is 0 Å². The van der Waals surface area contributed by atoms with Crippen LogP contribution in [0.15, 0.2) is 60.9 Å². The van der Waals surface area contributed by atoms with Crippen molar-refractivity contribution in [2.45, 2.75) is 64.0 Å². The van der Waals surface area contributed by atoms with Crippen molar-refractivity contribution in [1.82, 2.24) is 19.2 Å². The lowest BCUT2D eigenvalue weighted by molar-refractivity contribution is -0.120. The van der Waals surface area contributed by atoms with Crippen LogP contribution in [-0.2, 0) is 29.1 Å². The fourth-order valence-electron chi connectivity index (χ4n) is 6.89. The van der Waals surface area contributed by atoms with Gasteiger partial charge in [0, 0.05) is 83.7 Å². The van der Waals surface area contributed by atoms with Gasteiger partial charge in [0.2, 0.25) is 5.91 Å². The number of nitrogens with one attached hydrogen (secondary N) is 3. The summed E-state index contributed by atoms with van der Waals surface area (Å²) < 4.78 is 16.5. The van der Waals surface area contributed by atoms with Crippen molar-refractivity contribution in [1.29, 1.82) is 0 Å². The molecule has 10 heteroatoms. The average molecular weight is 645 g/mol. The maximum absolute atomic E-state index is 12.9. The van der Waals surface area contributed by atoms with E-state index in [2.05, 4.69) is 62.8 Å². The van der Waals surface area contributed by atoms with Crippen LogP contribution in [0.3, 0.4) is 0 Å². The SMILES string of the molecule is C[S+]([O-])N1CCC(n2cc(-c3cccc(C(N)=S)c3)c3ccc(CNC(=O)Cc4cc(NCC5CCCCC5)c[nH]4)cc32)CC1. The van der Waals surface area contributed by atoms with E-state index in [1.807, 2.05) is 22.6 Å². The van der Waals surface area contributed by atoms with Crippen LogP contribution < -0.4 is 16.4 Å². The zero-order chi connectivity index (χ0) is 31.3. The van der Waals surface area contributed by atoms with Crippen molar-refractivity contribution in [2.24, 2.45) is 11.7 Å². The number of benzene rings is 2. The minimum atomic E-state index is -0.955. The van der Waals surface area contributed by atoms with Gasteiger partial charge in [0.1, 0.15) is 11.2 Å². The number of piperidine rings is 1. The highest BCUT2D eigenvalue weighted by Gasteiger charge is 2.27. The molecule has 2 aromatic heterocycles. The minimum absolute atomic E-state index is 0.0126. The van der Waals surface area contributed by atoms with Crippen molar-refractivity contribution in [3.05, 3.63) is 77.7 Å². The zero-order valence-electron chi connectivity index (χ0n) is 26.0. The molecule has 1 saturated carbocycles. The Morgan fingerprint density at radius 1 is 1.09 bits per heavy atom. The predicted octanol–water partition coefficient (Wildman–Crippen LogP) is 6.05. The number of rotatable bonds is 11. The standard InChI is InChI=1S/C35H44N6O2S2/c1-45(43)40-14-12-30(13-15-40)41-23-32(26-8-5-9-27(17-26)35(36)44)31-11-10-25(16-33(31)41)21-39-34(42)19-28-18-29(22-38-28)37-20-24-6-3-2-4-7-24/h5,8-11,16-18,22-24,30,37-38H,2-4,6-7,12-15,19-21H2,1H3,(H2,36,44)(H,39,42). The summed E-state index contributed by atoms with van der Waals surface area (Å²) in [6, 6.07) is 16.9.